The first kappa shape index (κ1) is 18.0. The lowest BCUT2D eigenvalue weighted by atomic mass is 10.3. The van der Waals surface area contributed by atoms with E-state index in [1.807, 2.05) is 24.3 Å². The Morgan fingerprint density at radius 1 is 1.08 bits per heavy atom. The zero-order valence-corrected chi connectivity index (χ0v) is 14.9. The molecule has 1 aromatic heterocycles. The van der Waals surface area contributed by atoms with Gasteiger partial charge in [-0.15, -0.1) is 0 Å². The number of amides is 2. The summed E-state index contributed by atoms with van der Waals surface area (Å²) in [6.45, 7) is -0.313. The molecule has 0 fully saturated rings. The summed E-state index contributed by atoms with van der Waals surface area (Å²) in [6, 6.07) is 12.1. The molecular weight excluding hydrogens is 379 g/mol. The van der Waals surface area contributed by atoms with Crippen molar-refractivity contribution in [2.45, 2.75) is 6.42 Å². The number of carbonyl (C=O) groups is 2. The van der Waals surface area contributed by atoms with E-state index in [9.17, 15) is 9.59 Å². The van der Waals surface area contributed by atoms with Gasteiger partial charge in [0.25, 0.3) is 5.91 Å². The minimum atomic E-state index is -0.533. The highest BCUT2D eigenvalue weighted by molar-refractivity contribution is 6.35. The summed E-state index contributed by atoms with van der Waals surface area (Å²) in [5.41, 5.74) is 6.18. The lowest BCUT2D eigenvalue weighted by Gasteiger charge is -2.09. The fraction of sp³-hybridized carbons (Fsp3) is 0.118. The van der Waals surface area contributed by atoms with Gasteiger partial charge >= 0.3 is 0 Å². The van der Waals surface area contributed by atoms with Crippen molar-refractivity contribution in [1.82, 2.24) is 20.8 Å². The monoisotopic (exact) mass is 392 g/mol. The van der Waals surface area contributed by atoms with Crippen LogP contribution in [0.5, 0.6) is 5.75 Å². The van der Waals surface area contributed by atoms with Gasteiger partial charge in [0.1, 0.15) is 11.6 Å². The second kappa shape index (κ2) is 8.07. The van der Waals surface area contributed by atoms with E-state index < -0.39 is 11.8 Å². The van der Waals surface area contributed by atoms with Crippen LogP contribution in [0.2, 0.25) is 10.0 Å². The normalized spacial score (nSPS) is 10.5. The summed E-state index contributed by atoms with van der Waals surface area (Å²) in [5, 5.41) is 0.754. The summed E-state index contributed by atoms with van der Waals surface area (Å²) in [7, 11) is 0. The zero-order chi connectivity index (χ0) is 18.5. The number of halogens is 2. The molecule has 2 amide bonds. The predicted octanol–water partition coefficient (Wildman–Crippen LogP) is 2.64. The number of hydrogen-bond acceptors (Lipinski definition) is 4. The molecule has 0 radical (unpaired) electrons. The molecule has 3 aromatic rings. The number of nitrogens with zero attached hydrogens (tertiary/aromatic N) is 1. The fourth-order valence-corrected chi connectivity index (χ4v) is 2.66. The number of para-hydroxylation sites is 2. The zero-order valence-electron chi connectivity index (χ0n) is 13.4. The molecular formula is C17H14Cl2N4O3. The number of nitrogens with one attached hydrogen (secondary N) is 3. The number of aromatic amines is 1. The minimum absolute atomic E-state index is 0.00116. The molecule has 3 rings (SSSR count). The molecule has 3 N–H and O–H groups in total. The minimum Gasteiger partial charge on any atom is -0.482 e. The summed E-state index contributed by atoms with van der Waals surface area (Å²) in [4.78, 5) is 31.0. The smallest absolute Gasteiger partial charge is 0.276 e. The maximum atomic E-state index is 11.9. The number of carbonyl (C=O) groups excluding carboxylic acids is 2. The van der Waals surface area contributed by atoms with E-state index in [1.54, 1.807) is 12.1 Å². The number of imidazole rings is 1. The molecule has 0 aliphatic carbocycles. The van der Waals surface area contributed by atoms with Crippen molar-refractivity contribution in [2.24, 2.45) is 0 Å². The van der Waals surface area contributed by atoms with Gasteiger partial charge in [-0.2, -0.15) is 0 Å². The van der Waals surface area contributed by atoms with E-state index in [-0.39, 0.29) is 13.0 Å². The molecule has 1 heterocycles. The van der Waals surface area contributed by atoms with Gasteiger partial charge in [0.2, 0.25) is 5.91 Å². The molecule has 0 aliphatic heterocycles. The molecule has 2 aromatic carbocycles. The predicted molar refractivity (Wildman–Crippen MR) is 98.0 cm³/mol. The van der Waals surface area contributed by atoms with Gasteiger partial charge in [0, 0.05) is 5.02 Å². The second-order valence-corrected chi connectivity index (χ2v) is 6.18. The van der Waals surface area contributed by atoms with E-state index in [0.717, 1.165) is 11.0 Å². The Morgan fingerprint density at radius 3 is 2.62 bits per heavy atom. The van der Waals surface area contributed by atoms with Crippen LogP contribution in [0, 0.1) is 0 Å². The Hall–Kier alpha value is -2.77. The molecule has 134 valence electrons. The highest BCUT2D eigenvalue weighted by Crippen LogP contribution is 2.27. The Bertz CT molecular complexity index is 925. The second-order valence-electron chi connectivity index (χ2n) is 5.34. The number of hydrazine groups is 1. The first-order chi connectivity index (χ1) is 12.5. The van der Waals surface area contributed by atoms with Gasteiger partial charge in [-0.1, -0.05) is 35.3 Å². The number of H-pyrrole nitrogens is 1. The molecule has 0 saturated heterocycles. The summed E-state index contributed by atoms with van der Waals surface area (Å²) < 4.78 is 5.27. The highest BCUT2D eigenvalue weighted by Gasteiger charge is 2.10. The van der Waals surface area contributed by atoms with Crippen molar-refractivity contribution in [1.29, 1.82) is 0 Å². The molecule has 0 spiro atoms. The maximum absolute atomic E-state index is 11.9. The summed E-state index contributed by atoms with van der Waals surface area (Å²) in [5.74, 6) is -0.127. The Kier molecular flexibility index (Phi) is 5.60. The Labute approximate surface area is 158 Å². The maximum Gasteiger partial charge on any atom is 0.276 e. The topological polar surface area (TPSA) is 96.1 Å². The SMILES string of the molecule is O=C(COc1ccc(Cl)cc1Cl)NNC(=O)Cc1nc2ccccc2[nH]1. The Morgan fingerprint density at radius 2 is 1.85 bits per heavy atom. The van der Waals surface area contributed by atoms with Gasteiger partial charge in [0.05, 0.1) is 22.5 Å². The molecule has 0 aliphatic rings. The van der Waals surface area contributed by atoms with E-state index in [2.05, 4.69) is 20.8 Å². The highest BCUT2D eigenvalue weighted by atomic mass is 35.5. The third-order valence-corrected chi connectivity index (χ3v) is 3.89. The van der Waals surface area contributed by atoms with E-state index in [4.69, 9.17) is 27.9 Å². The van der Waals surface area contributed by atoms with Crippen LogP contribution in [0.15, 0.2) is 42.5 Å². The summed E-state index contributed by atoms with van der Waals surface area (Å²) >= 11 is 11.7. The third-order valence-electron chi connectivity index (χ3n) is 3.36. The summed E-state index contributed by atoms with van der Waals surface area (Å²) in [6.07, 6.45) is -0.00116. The van der Waals surface area contributed by atoms with Crippen LogP contribution in [0.3, 0.4) is 0 Å². The number of benzene rings is 2. The standard InChI is InChI=1S/C17H14Cl2N4O3/c18-10-5-6-14(11(19)7-10)26-9-17(25)23-22-16(24)8-15-20-12-3-1-2-4-13(12)21-15/h1-7H,8-9H2,(H,20,21)(H,22,24)(H,23,25). The number of ether oxygens (including phenoxy) is 1. The average Bonchev–Trinajstić information content (AvgIpc) is 3.01. The quantitative estimate of drug-likeness (QED) is 0.581. The van der Waals surface area contributed by atoms with Crippen LogP contribution in [0.4, 0.5) is 0 Å². The van der Waals surface area contributed by atoms with Gasteiger partial charge < -0.3 is 9.72 Å². The Balaban J connectivity index is 1.45. The van der Waals surface area contributed by atoms with Crippen LogP contribution < -0.4 is 15.6 Å². The molecule has 0 unspecified atom stereocenters. The largest absolute Gasteiger partial charge is 0.482 e. The van der Waals surface area contributed by atoms with Crippen LogP contribution >= 0.6 is 23.2 Å². The van der Waals surface area contributed by atoms with E-state index >= 15 is 0 Å². The van der Waals surface area contributed by atoms with E-state index in [0.29, 0.717) is 21.6 Å². The first-order valence-electron chi connectivity index (χ1n) is 7.60. The van der Waals surface area contributed by atoms with Crippen LogP contribution in [0.1, 0.15) is 5.82 Å². The van der Waals surface area contributed by atoms with Gasteiger partial charge in [-0.3, -0.25) is 20.4 Å². The number of hydrogen-bond donors (Lipinski definition) is 3. The van der Waals surface area contributed by atoms with Crippen molar-refractivity contribution in [2.75, 3.05) is 6.61 Å². The molecule has 9 heteroatoms. The van der Waals surface area contributed by atoms with E-state index in [1.165, 1.54) is 6.07 Å². The molecule has 26 heavy (non-hydrogen) atoms. The molecule has 0 atom stereocenters. The molecule has 7 nitrogen and oxygen atoms in total. The van der Waals surface area contributed by atoms with Gasteiger partial charge in [0.15, 0.2) is 6.61 Å². The van der Waals surface area contributed by atoms with Crippen LogP contribution in [-0.2, 0) is 16.0 Å². The number of fused-ring (bicyclic) bond motifs is 1. The average molecular weight is 393 g/mol. The van der Waals surface area contributed by atoms with Crippen molar-refractivity contribution in [3.8, 4) is 5.75 Å². The van der Waals surface area contributed by atoms with Crippen molar-refractivity contribution >= 4 is 46.0 Å². The van der Waals surface area contributed by atoms with Crippen LogP contribution in [-0.4, -0.2) is 28.4 Å². The number of aromatic nitrogens is 2. The molecule has 0 saturated carbocycles. The van der Waals surface area contributed by atoms with Gasteiger partial charge in [-0.05, 0) is 30.3 Å². The lowest BCUT2D eigenvalue weighted by molar-refractivity contribution is -0.129. The third kappa shape index (κ3) is 4.65. The van der Waals surface area contributed by atoms with Crippen molar-refractivity contribution in [3.63, 3.8) is 0 Å². The van der Waals surface area contributed by atoms with Gasteiger partial charge in [-0.25, -0.2) is 4.98 Å². The molecule has 0 bridgehead atoms. The lowest BCUT2D eigenvalue weighted by Crippen LogP contribution is -2.44. The first-order valence-corrected chi connectivity index (χ1v) is 8.36. The van der Waals surface area contributed by atoms with Crippen molar-refractivity contribution in [3.05, 3.63) is 58.3 Å². The number of rotatable bonds is 5. The fourth-order valence-electron chi connectivity index (χ4n) is 2.20. The van der Waals surface area contributed by atoms with Crippen molar-refractivity contribution < 1.29 is 14.3 Å². The van der Waals surface area contributed by atoms with Crippen LogP contribution in [0.25, 0.3) is 11.0 Å².